The summed E-state index contributed by atoms with van der Waals surface area (Å²) in [7, 11) is 0. The second-order valence-electron chi connectivity index (χ2n) is 9.53. The van der Waals surface area contributed by atoms with Crippen LogP contribution in [0.15, 0.2) is 84.9 Å². The van der Waals surface area contributed by atoms with Crippen molar-refractivity contribution in [2.45, 2.75) is 32.4 Å². The van der Waals surface area contributed by atoms with Gasteiger partial charge in [-0.2, -0.15) is 0 Å². The van der Waals surface area contributed by atoms with Gasteiger partial charge in [-0.1, -0.05) is 60.7 Å². The fourth-order valence-electron chi connectivity index (χ4n) is 4.94. The van der Waals surface area contributed by atoms with E-state index < -0.39 is 0 Å². The van der Waals surface area contributed by atoms with Gasteiger partial charge >= 0.3 is 0 Å². The Morgan fingerprint density at radius 1 is 0.917 bits per heavy atom. The van der Waals surface area contributed by atoms with E-state index in [-0.39, 0.29) is 5.91 Å². The fourth-order valence-corrected chi connectivity index (χ4v) is 4.94. The molecule has 36 heavy (non-hydrogen) atoms. The van der Waals surface area contributed by atoms with Gasteiger partial charge in [-0.05, 0) is 68.1 Å². The molecule has 1 fully saturated rings. The molecule has 3 aromatic carbocycles. The molecule has 0 bridgehead atoms. The molecule has 1 aliphatic rings. The molecule has 1 saturated heterocycles. The lowest BCUT2D eigenvalue weighted by Crippen LogP contribution is -2.42. The standard InChI is InChI=1S/C30H34N4O2/c35-30(31-18-15-24-9-3-1-4-10-24)22-33-19-16-25(17-20-33)21-34-28-14-8-7-13-27(28)32-29(34)23-36-26-11-5-2-6-12-26/h1-14,25H,15-23H2,(H,31,35). The zero-order chi connectivity index (χ0) is 24.6. The summed E-state index contributed by atoms with van der Waals surface area (Å²) in [5, 5.41) is 3.07. The zero-order valence-corrected chi connectivity index (χ0v) is 20.7. The first-order valence-electron chi connectivity index (χ1n) is 12.9. The second kappa shape index (κ2) is 11.9. The molecule has 0 atom stereocenters. The van der Waals surface area contributed by atoms with Crippen molar-refractivity contribution in [3.05, 3.63) is 96.3 Å². The van der Waals surface area contributed by atoms with Gasteiger partial charge in [0, 0.05) is 13.1 Å². The maximum Gasteiger partial charge on any atom is 0.234 e. The average Bonchev–Trinajstić information content (AvgIpc) is 3.27. The van der Waals surface area contributed by atoms with Crippen LogP contribution in [-0.4, -0.2) is 46.5 Å². The summed E-state index contributed by atoms with van der Waals surface area (Å²) in [6, 6.07) is 28.5. The van der Waals surface area contributed by atoms with Crippen LogP contribution in [0, 0.1) is 5.92 Å². The number of rotatable bonds is 10. The van der Waals surface area contributed by atoms with Gasteiger partial charge in [0.05, 0.1) is 17.6 Å². The first kappa shape index (κ1) is 24.1. The number of aromatic nitrogens is 2. The van der Waals surface area contributed by atoms with Gasteiger partial charge in [0.1, 0.15) is 18.2 Å². The number of nitrogens with zero attached hydrogens (tertiary/aromatic N) is 3. The molecule has 5 rings (SSSR count). The number of hydrogen-bond donors (Lipinski definition) is 1. The topological polar surface area (TPSA) is 59.4 Å². The molecule has 0 aliphatic carbocycles. The molecule has 1 amide bonds. The zero-order valence-electron chi connectivity index (χ0n) is 20.7. The predicted molar refractivity (Wildman–Crippen MR) is 143 cm³/mol. The van der Waals surface area contributed by atoms with Crippen LogP contribution in [0.2, 0.25) is 0 Å². The van der Waals surface area contributed by atoms with Gasteiger partial charge in [0.2, 0.25) is 5.91 Å². The molecule has 0 unspecified atom stereocenters. The van der Waals surface area contributed by atoms with Crippen molar-refractivity contribution >= 4 is 16.9 Å². The van der Waals surface area contributed by atoms with Crippen LogP contribution < -0.4 is 10.1 Å². The number of fused-ring (bicyclic) bond motifs is 1. The van der Waals surface area contributed by atoms with E-state index in [0.717, 1.165) is 61.5 Å². The van der Waals surface area contributed by atoms with E-state index in [4.69, 9.17) is 9.72 Å². The van der Waals surface area contributed by atoms with E-state index in [1.807, 2.05) is 54.6 Å². The first-order valence-corrected chi connectivity index (χ1v) is 12.9. The second-order valence-corrected chi connectivity index (χ2v) is 9.53. The minimum absolute atomic E-state index is 0.116. The Balaban J connectivity index is 1.13. The number of hydrogen-bond acceptors (Lipinski definition) is 4. The number of imidazole rings is 1. The molecule has 186 valence electrons. The van der Waals surface area contributed by atoms with Crippen LogP contribution in [0.3, 0.4) is 0 Å². The molecule has 6 nitrogen and oxygen atoms in total. The number of benzene rings is 3. The van der Waals surface area contributed by atoms with Gasteiger partial charge in [-0.3, -0.25) is 9.69 Å². The Hall–Kier alpha value is -3.64. The monoisotopic (exact) mass is 482 g/mol. The van der Waals surface area contributed by atoms with Crippen molar-refractivity contribution < 1.29 is 9.53 Å². The van der Waals surface area contributed by atoms with Crippen molar-refractivity contribution in [3.8, 4) is 5.75 Å². The number of nitrogens with one attached hydrogen (secondary N) is 1. The van der Waals surface area contributed by atoms with E-state index in [0.29, 0.717) is 25.6 Å². The number of ether oxygens (including phenoxy) is 1. The van der Waals surface area contributed by atoms with Gasteiger partial charge in [0.15, 0.2) is 0 Å². The van der Waals surface area contributed by atoms with Crippen LogP contribution in [0.5, 0.6) is 5.75 Å². The Bertz CT molecular complexity index is 1250. The highest BCUT2D eigenvalue weighted by Gasteiger charge is 2.23. The number of likely N-dealkylation sites (tertiary alicyclic amines) is 1. The summed E-state index contributed by atoms with van der Waals surface area (Å²) in [6.07, 6.45) is 3.01. The minimum atomic E-state index is 0.116. The number of piperidine rings is 1. The number of carbonyl (C=O) groups is 1. The van der Waals surface area contributed by atoms with Crippen LogP contribution in [0.25, 0.3) is 11.0 Å². The maximum atomic E-state index is 12.4. The molecule has 1 aliphatic heterocycles. The highest BCUT2D eigenvalue weighted by atomic mass is 16.5. The SMILES string of the molecule is O=C(CN1CCC(Cn2c(COc3ccccc3)nc3ccccc32)CC1)NCCc1ccccc1. The Kier molecular flexibility index (Phi) is 7.93. The minimum Gasteiger partial charge on any atom is -0.486 e. The summed E-state index contributed by atoms with van der Waals surface area (Å²) in [5.41, 5.74) is 3.41. The summed E-state index contributed by atoms with van der Waals surface area (Å²) >= 11 is 0. The fraction of sp³-hybridized carbons (Fsp3) is 0.333. The van der Waals surface area contributed by atoms with E-state index in [1.165, 1.54) is 5.56 Å². The van der Waals surface area contributed by atoms with Gasteiger partial charge in [-0.25, -0.2) is 4.98 Å². The van der Waals surface area contributed by atoms with Crippen molar-refractivity contribution in [1.29, 1.82) is 0 Å². The number of carbonyl (C=O) groups excluding carboxylic acids is 1. The Labute approximate surface area is 212 Å². The van der Waals surface area contributed by atoms with E-state index in [9.17, 15) is 4.79 Å². The lowest BCUT2D eigenvalue weighted by molar-refractivity contribution is -0.122. The highest BCUT2D eigenvalue weighted by molar-refractivity contribution is 5.78. The van der Waals surface area contributed by atoms with Crippen LogP contribution in [-0.2, 0) is 24.4 Å². The quantitative estimate of drug-likeness (QED) is 0.356. The summed E-state index contributed by atoms with van der Waals surface area (Å²) < 4.78 is 8.36. The Morgan fingerprint density at radius 2 is 1.61 bits per heavy atom. The normalized spacial score (nSPS) is 14.7. The van der Waals surface area contributed by atoms with Crippen LogP contribution in [0.4, 0.5) is 0 Å². The molecule has 0 saturated carbocycles. The van der Waals surface area contributed by atoms with Crippen molar-refractivity contribution in [1.82, 2.24) is 19.8 Å². The van der Waals surface area contributed by atoms with E-state index in [2.05, 4.69) is 45.1 Å². The van der Waals surface area contributed by atoms with Crippen molar-refractivity contribution in [3.63, 3.8) is 0 Å². The van der Waals surface area contributed by atoms with E-state index >= 15 is 0 Å². The smallest absolute Gasteiger partial charge is 0.234 e. The maximum absolute atomic E-state index is 12.4. The molecule has 0 spiro atoms. The van der Waals surface area contributed by atoms with Gasteiger partial charge in [0.25, 0.3) is 0 Å². The molecule has 4 aromatic rings. The molecule has 1 N–H and O–H groups in total. The third kappa shape index (κ3) is 6.32. The average molecular weight is 483 g/mol. The summed E-state index contributed by atoms with van der Waals surface area (Å²) in [5.74, 6) is 2.48. The molecular formula is C30H34N4O2. The third-order valence-electron chi connectivity index (χ3n) is 6.94. The van der Waals surface area contributed by atoms with Gasteiger partial charge in [-0.15, -0.1) is 0 Å². The molecular weight excluding hydrogens is 448 g/mol. The van der Waals surface area contributed by atoms with Crippen LogP contribution >= 0.6 is 0 Å². The molecule has 0 radical (unpaired) electrons. The molecule has 6 heteroatoms. The molecule has 2 heterocycles. The van der Waals surface area contributed by atoms with E-state index in [1.54, 1.807) is 0 Å². The summed E-state index contributed by atoms with van der Waals surface area (Å²) in [6.45, 7) is 4.41. The lowest BCUT2D eigenvalue weighted by atomic mass is 9.96. The largest absolute Gasteiger partial charge is 0.486 e. The van der Waals surface area contributed by atoms with Crippen molar-refractivity contribution in [2.75, 3.05) is 26.2 Å². The Morgan fingerprint density at radius 3 is 2.39 bits per heavy atom. The first-order chi connectivity index (χ1) is 17.7. The summed E-state index contributed by atoms with van der Waals surface area (Å²) in [4.78, 5) is 19.6. The molecule has 1 aromatic heterocycles. The van der Waals surface area contributed by atoms with Crippen LogP contribution in [0.1, 0.15) is 24.2 Å². The van der Waals surface area contributed by atoms with Gasteiger partial charge < -0.3 is 14.6 Å². The number of amides is 1. The predicted octanol–water partition coefficient (Wildman–Crippen LogP) is 4.69. The third-order valence-corrected chi connectivity index (χ3v) is 6.94. The van der Waals surface area contributed by atoms with Crippen molar-refractivity contribution in [2.24, 2.45) is 5.92 Å². The highest BCUT2D eigenvalue weighted by Crippen LogP contribution is 2.24. The lowest BCUT2D eigenvalue weighted by Gasteiger charge is -2.32. The number of para-hydroxylation sites is 3.